The smallest absolute Gasteiger partial charge is 0.389 e. The molecule has 0 aliphatic rings. The SMILES string of the molecule is CCC(C)(OC)C(O)CCCC(F)(F)F. The summed E-state index contributed by atoms with van der Waals surface area (Å²) < 4.78 is 40.7. The van der Waals surface area contributed by atoms with E-state index in [0.717, 1.165) is 0 Å². The summed E-state index contributed by atoms with van der Waals surface area (Å²) in [5.74, 6) is 0. The van der Waals surface area contributed by atoms with Crippen molar-refractivity contribution in [1.29, 1.82) is 0 Å². The summed E-state index contributed by atoms with van der Waals surface area (Å²) in [5, 5.41) is 9.67. The van der Waals surface area contributed by atoms with Crippen LogP contribution in [0.25, 0.3) is 0 Å². The second-order valence-electron chi connectivity index (χ2n) is 3.89. The molecule has 0 aromatic carbocycles. The first-order valence-corrected chi connectivity index (χ1v) is 5.05. The van der Waals surface area contributed by atoms with E-state index in [2.05, 4.69) is 0 Å². The third-order valence-corrected chi connectivity index (χ3v) is 2.81. The van der Waals surface area contributed by atoms with Gasteiger partial charge in [-0.1, -0.05) is 6.92 Å². The Kier molecular flexibility index (Phi) is 5.59. The summed E-state index contributed by atoms with van der Waals surface area (Å²) in [7, 11) is 1.45. The van der Waals surface area contributed by atoms with Crippen LogP contribution in [0.4, 0.5) is 13.2 Å². The highest BCUT2D eigenvalue weighted by Gasteiger charge is 2.32. The Morgan fingerprint density at radius 1 is 1.33 bits per heavy atom. The van der Waals surface area contributed by atoms with Crippen molar-refractivity contribution in [3.8, 4) is 0 Å². The number of rotatable bonds is 6. The Balaban J connectivity index is 3.97. The highest BCUT2D eigenvalue weighted by Crippen LogP contribution is 2.27. The maximum Gasteiger partial charge on any atom is 0.389 e. The van der Waals surface area contributed by atoms with Crippen molar-refractivity contribution in [2.75, 3.05) is 7.11 Å². The second kappa shape index (κ2) is 5.70. The molecular formula is C10H19F3O2. The van der Waals surface area contributed by atoms with Crippen molar-refractivity contribution < 1.29 is 23.0 Å². The van der Waals surface area contributed by atoms with Gasteiger partial charge >= 0.3 is 6.18 Å². The van der Waals surface area contributed by atoms with E-state index in [1.54, 1.807) is 6.92 Å². The van der Waals surface area contributed by atoms with Crippen LogP contribution in [-0.2, 0) is 4.74 Å². The lowest BCUT2D eigenvalue weighted by Gasteiger charge is -2.32. The lowest BCUT2D eigenvalue weighted by Crippen LogP contribution is -2.40. The number of ether oxygens (including phenoxy) is 1. The molecule has 15 heavy (non-hydrogen) atoms. The number of aliphatic hydroxyl groups is 1. The Morgan fingerprint density at radius 2 is 1.87 bits per heavy atom. The molecule has 1 N–H and O–H groups in total. The van der Waals surface area contributed by atoms with Crippen LogP contribution in [0.1, 0.15) is 39.5 Å². The molecule has 0 bridgehead atoms. The predicted octanol–water partition coefficient (Wildman–Crippen LogP) is 2.90. The number of alkyl halides is 3. The zero-order valence-corrected chi connectivity index (χ0v) is 9.40. The molecule has 0 heterocycles. The van der Waals surface area contributed by atoms with Gasteiger partial charge in [-0.05, 0) is 26.2 Å². The minimum absolute atomic E-state index is 0.0659. The summed E-state index contributed by atoms with van der Waals surface area (Å²) in [4.78, 5) is 0. The molecule has 0 rings (SSSR count). The lowest BCUT2D eigenvalue weighted by molar-refractivity contribution is -0.140. The monoisotopic (exact) mass is 228 g/mol. The van der Waals surface area contributed by atoms with E-state index >= 15 is 0 Å². The van der Waals surface area contributed by atoms with Gasteiger partial charge < -0.3 is 9.84 Å². The number of halogens is 3. The van der Waals surface area contributed by atoms with Crippen molar-refractivity contribution in [2.45, 2.75) is 57.4 Å². The number of hydrogen-bond acceptors (Lipinski definition) is 2. The van der Waals surface area contributed by atoms with Crippen LogP contribution < -0.4 is 0 Å². The first-order valence-electron chi connectivity index (χ1n) is 5.05. The van der Waals surface area contributed by atoms with E-state index in [4.69, 9.17) is 4.74 Å². The van der Waals surface area contributed by atoms with Crippen molar-refractivity contribution in [3.05, 3.63) is 0 Å². The van der Waals surface area contributed by atoms with Crippen molar-refractivity contribution in [1.82, 2.24) is 0 Å². The van der Waals surface area contributed by atoms with Gasteiger partial charge in [-0.2, -0.15) is 13.2 Å². The highest BCUT2D eigenvalue weighted by molar-refractivity contribution is 4.82. The van der Waals surface area contributed by atoms with Gasteiger partial charge in [0.2, 0.25) is 0 Å². The summed E-state index contributed by atoms with van der Waals surface area (Å²) >= 11 is 0. The maximum atomic E-state index is 11.9. The maximum absolute atomic E-state index is 11.9. The molecule has 5 heteroatoms. The molecule has 0 amide bonds. The van der Waals surface area contributed by atoms with Crippen LogP contribution in [0.5, 0.6) is 0 Å². The summed E-state index contributed by atoms with van der Waals surface area (Å²) in [6, 6.07) is 0. The van der Waals surface area contributed by atoms with E-state index in [1.165, 1.54) is 7.11 Å². The van der Waals surface area contributed by atoms with E-state index in [-0.39, 0.29) is 12.8 Å². The van der Waals surface area contributed by atoms with Crippen LogP contribution >= 0.6 is 0 Å². The fourth-order valence-corrected chi connectivity index (χ4v) is 1.32. The minimum Gasteiger partial charge on any atom is -0.390 e. The summed E-state index contributed by atoms with van der Waals surface area (Å²) in [6.45, 7) is 3.53. The van der Waals surface area contributed by atoms with Crippen molar-refractivity contribution in [3.63, 3.8) is 0 Å². The molecule has 0 radical (unpaired) electrons. The Bertz CT molecular complexity index is 176. The quantitative estimate of drug-likeness (QED) is 0.757. The molecule has 0 saturated heterocycles. The van der Waals surface area contributed by atoms with Crippen molar-refractivity contribution >= 4 is 0 Å². The van der Waals surface area contributed by atoms with Gasteiger partial charge in [0.05, 0.1) is 11.7 Å². The highest BCUT2D eigenvalue weighted by atomic mass is 19.4. The number of aliphatic hydroxyl groups excluding tert-OH is 1. The average molecular weight is 228 g/mol. The van der Waals surface area contributed by atoms with Crippen molar-refractivity contribution in [2.24, 2.45) is 0 Å². The molecule has 0 aliphatic carbocycles. The molecule has 2 unspecified atom stereocenters. The van der Waals surface area contributed by atoms with E-state index < -0.39 is 24.3 Å². The molecule has 92 valence electrons. The van der Waals surface area contributed by atoms with E-state index in [0.29, 0.717) is 6.42 Å². The number of methoxy groups -OCH3 is 1. The van der Waals surface area contributed by atoms with Gasteiger partial charge in [-0.3, -0.25) is 0 Å². The Morgan fingerprint density at radius 3 is 2.20 bits per heavy atom. The number of hydrogen-bond donors (Lipinski definition) is 1. The summed E-state index contributed by atoms with van der Waals surface area (Å²) in [5.41, 5.74) is -0.744. The van der Waals surface area contributed by atoms with Crippen LogP contribution in [0.15, 0.2) is 0 Å². The van der Waals surface area contributed by atoms with E-state index in [9.17, 15) is 18.3 Å². The van der Waals surface area contributed by atoms with E-state index in [1.807, 2.05) is 6.92 Å². The van der Waals surface area contributed by atoms with Crippen LogP contribution in [0.3, 0.4) is 0 Å². The van der Waals surface area contributed by atoms with Gasteiger partial charge in [0, 0.05) is 13.5 Å². The zero-order chi connectivity index (χ0) is 12.1. The molecule has 0 spiro atoms. The first kappa shape index (κ1) is 14.7. The largest absolute Gasteiger partial charge is 0.390 e. The van der Waals surface area contributed by atoms with Crippen LogP contribution in [0, 0.1) is 0 Å². The molecule has 0 aromatic heterocycles. The first-order chi connectivity index (χ1) is 6.75. The van der Waals surface area contributed by atoms with Crippen LogP contribution in [-0.4, -0.2) is 30.1 Å². The van der Waals surface area contributed by atoms with Gasteiger partial charge in [0.15, 0.2) is 0 Å². The fourth-order valence-electron chi connectivity index (χ4n) is 1.32. The van der Waals surface area contributed by atoms with Crippen LogP contribution in [0.2, 0.25) is 0 Å². The van der Waals surface area contributed by atoms with Gasteiger partial charge in [0.25, 0.3) is 0 Å². The van der Waals surface area contributed by atoms with Gasteiger partial charge in [0.1, 0.15) is 0 Å². The molecular weight excluding hydrogens is 209 g/mol. The molecule has 0 aliphatic heterocycles. The molecule has 0 saturated carbocycles. The third-order valence-electron chi connectivity index (χ3n) is 2.81. The summed E-state index contributed by atoms with van der Waals surface area (Å²) in [6.07, 6.45) is -5.24. The molecule has 0 aromatic rings. The molecule has 2 nitrogen and oxygen atoms in total. The Hall–Kier alpha value is -0.290. The zero-order valence-electron chi connectivity index (χ0n) is 9.40. The molecule has 0 fully saturated rings. The fraction of sp³-hybridized carbons (Fsp3) is 1.00. The predicted molar refractivity (Wildman–Crippen MR) is 51.6 cm³/mol. The third kappa shape index (κ3) is 5.37. The normalized spacial score (nSPS) is 18.6. The standard InChI is InChI=1S/C10H19F3O2/c1-4-9(2,15-3)8(14)6-5-7-10(11,12)13/h8,14H,4-7H2,1-3H3. The van der Waals surface area contributed by atoms with Gasteiger partial charge in [-0.15, -0.1) is 0 Å². The van der Waals surface area contributed by atoms with Gasteiger partial charge in [-0.25, -0.2) is 0 Å². The lowest BCUT2D eigenvalue weighted by atomic mass is 9.92. The molecule has 2 atom stereocenters. The topological polar surface area (TPSA) is 29.5 Å². The minimum atomic E-state index is -4.14. The second-order valence-corrected chi connectivity index (χ2v) is 3.89. The average Bonchev–Trinajstić information content (AvgIpc) is 2.14. The Labute approximate surface area is 88.4 Å².